The summed E-state index contributed by atoms with van der Waals surface area (Å²) in [6, 6.07) is 1.59. The van der Waals surface area contributed by atoms with Gasteiger partial charge in [-0.3, -0.25) is 4.79 Å². The highest BCUT2D eigenvalue weighted by molar-refractivity contribution is 5.80. The van der Waals surface area contributed by atoms with Crippen LogP contribution in [-0.2, 0) is 16.1 Å². The zero-order chi connectivity index (χ0) is 14.1. The topological polar surface area (TPSA) is 102 Å². The molecule has 0 spiro atoms. The molecule has 1 aromatic heterocycles. The molecule has 7 nitrogen and oxygen atoms in total. The Morgan fingerprint density at radius 1 is 1.42 bits per heavy atom. The Labute approximate surface area is 113 Å². The normalized spacial score (nSPS) is 10.2. The van der Waals surface area contributed by atoms with E-state index < -0.39 is 0 Å². The maximum atomic E-state index is 11.4. The number of ether oxygens (including phenoxy) is 1. The lowest BCUT2D eigenvalue weighted by Gasteiger charge is -2.08. The molecule has 7 heteroatoms. The van der Waals surface area contributed by atoms with E-state index >= 15 is 0 Å². The lowest BCUT2D eigenvalue weighted by Crippen LogP contribution is -2.30. The number of rotatable bonds is 8. The Hall–Kier alpha value is -1.89. The first-order valence-corrected chi connectivity index (χ1v) is 6.37. The van der Waals surface area contributed by atoms with Crippen molar-refractivity contribution < 1.29 is 9.53 Å². The molecule has 0 saturated heterocycles. The summed E-state index contributed by atoms with van der Waals surface area (Å²) in [6.07, 6.45) is 0.907. The van der Waals surface area contributed by atoms with Crippen molar-refractivity contribution >= 4 is 17.5 Å². The van der Waals surface area contributed by atoms with Crippen LogP contribution in [0.25, 0.3) is 0 Å². The maximum Gasteiger partial charge on any atom is 0.239 e. The van der Waals surface area contributed by atoms with Gasteiger partial charge >= 0.3 is 0 Å². The quantitative estimate of drug-likeness (QED) is 0.635. The minimum absolute atomic E-state index is 0.0783. The first-order chi connectivity index (χ1) is 9.15. The predicted molar refractivity (Wildman–Crippen MR) is 73.6 cm³/mol. The van der Waals surface area contributed by atoms with Gasteiger partial charge in [0, 0.05) is 19.2 Å². The van der Waals surface area contributed by atoms with E-state index in [4.69, 9.17) is 10.5 Å². The van der Waals surface area contributed by atoms with Crippen molar-refractivity contribution in [2.75, 3.05) is 30.7 Å². The Bertz CT molecular complexity index is 411. The molecule has 0 aliphatic rings. The lowest BCUT2D eigenvalue weighted by atomic mass is 10.4. The number of anilines is 2. The van der Waals surface area contributed by atoms with Crippen molar-refractivity contribution in [2.45, 2.75) is 26.9 Å². The highest BCUT2D eigenvalue weighted by Crippen LogP contribution is 2.08. The molecule has 0 bridgehead atoms. The molecule has 0 aromatic carbocycles. The van der Waals surface area contributed by atoms with E-state index in [9.17, 15) is 4.79 Å². The van der Waals surface area contributed by atoms with Gasteiger partial charge in [0.05, 0.1) is 6.54 Å². The molecule has 0 aliphatic carbocycles. The molecule has 1 aromatic rings. The highest BCUT2D eigenvalue weighted by atomic mass is 16.5. The van der Waals surface area contributed by atoms with E-state index in [1.54, 1.807) is 6.07 Å². The molecule has 0 radical (unpaired) electrons. The van der Waals surface area contributed by atoms with Gasteiger partial charge in [0.15, 0.2) is 5.82 Å². The summed E-state index contributed by atoms with van der Waals surface area (Å²) in [5.74, 6) is 1.29. The van der Waals surface area contributed by atoms with Gasteiger partial charge in [-0.25, -0.2) is 9.97 Å². The Morgan fingerprint density at radius 2 is 2.21 bits per heavy atom. The number of nitrogens with two attached hydrogens (primary N) is 1. The molecule has 0 atom stereocenters. The van der Waals surface area contributed by atoms with E-state index in [1.807, 2.05) is 13.8 Å². The number of aromatic nitrogens is 2. The minimum atomic E-state index is -0.0783. The van der Waals surface area contributed by atoms with Gasteiger partial charge in [-0.2, -0.15) is 0 Å². The van der Waals surface area contributed by atoms with Gasteiger partial charge in [-0.05, 0) is 13.3 Å². The maximum absolute atomic E-state index is 11.4. The third kappa shape index (κ3) is 6.01. The number of hydrogen-bond acceptors (Lipinski definition) is 6. The molecule has 19 heavy (non-hydrogen) atoms. The Kier molecular flexibility index (Phi) is 6.59. The monoisotopic (exact) mass is 267 g/mol. The molecule has 106 valence electrons. The van der Waals surface area contributed by atoms with Crippen LogP contribution < -0.4 is 16.4 Å². The van der Waals surface area contributed by atoms with Crippen LogP contribution >= 0.6 is 0 Å². The second kappa shape index (κ2) is 8.25. The molecule has 0 saturated carbocycles. The van der Waals surface area contributed by atoms with Gasteiger partial charge in [0.2, 0.25) is 5.91 Å². The first kappa shape index (κ1) is 15.2. The first-order valence-electron chi connectivity index (χ1n) is 6.37. The molecule has 1 amide bonds. The van der Waals surface area contributed by atoms with Crippen LogP contribution in [-0.4, -0.2) is 35.6 Å². The second-order valence-electron chi connectivity index (χ2n) is 3.93. The molecule has 1 rings (SSSR count). The van der Waals surface area contributed by atoms with Gasteiger partial charge in [0.1, 0.15) is 18.2 Å². The Morgan fingerprint density at radius 3 is 2.89 bits per heavy atom. The van der Waals surface area contributed by atoms with Gasteiger partial charge in [-0.15, -0.1) is 0 Å². The number of nitrogens with one attached hydrogen (secondary N) is 2. The summed E-state index contributed by atoms with van der Waals surface area (Å²) in [5.41, 5.74) is 5.67. The summed E-state index contributed by atoms with van der Waals surface area (Å²) >= 11 is 0. The average Bonchev–Trinajstić information content (AvgIpc) is 2.40. The van der Waals surface area contributed by atoms with E-state index in [1.165, 1.54) is 0 Å². The van der Waals surface area contributed by atoms with Gasteiger partial charge in [-0.1, -0.05) is 6.92 Å². The third-order valence-electron chi connectivity index (χ3n) is 2.23. The molecular weight excluding hydrogens is 246 g/mol. The smallest absolute Gasteiger partial charge is 0.239 e. The van der Waals surface area contributed by atoms with Crippen LogP contribution in [0.3, 0.4) is 0 Å². The number of amides is 1. The van der Waals surface area contributed by atoms with E-state index in [2.05, 4.69) is 20.6 Å². The molecule has 0 aliphatic heterocycles. The number of nitrogen functional groups attached to an aromatic ring is 1. The van der Waals surface area contributed by atoms with Crippen LogP contribution in [0.5, 0.6) is 0 Å². The largest absolute Gasteiger partial charge is 0.384 e. The summed E-state index contributed by atoms with van der Waals surface area (Å²) in [6.45, 7) is 5.60. The number of nitrogens with zero attached hydrogens (tertiary/aromatic N) is 2. The predicted octanol–water partition coefficient (Wildman–Crippen LogP) is 0.533. The number of carbonyl (C=O) groups excluding carboxylic acids is 1. The number of carbonyl (C=O) groups is 1. The summed E-state index contributed by atoms with van der Waals surface area (Å²) in [7, 11) is 0. The zero-order valence-corrected chi connectivity index (χ0v) is 11.4. The molecule has 0 fully saturated rings. The van der Waals surface area contributed by atoms with Crippen molar-refractivity contribution in [3.63, 3.8) is 0 Å². The van der Waals surface area contributed by atoms with Crippen LogP contribution in [0, 0.1) is 0 Å². The molecule has 1 heterocycles. The van der Waals surface area contributed by atoms with E-state index in [-0.39, 0.29) is 12.5 Å². The van der Waals surface area contributed by atoms with E-state index in [0.717, 1.165) is 6.42 Å². The van der Waals surface area contributed by atoms with Crippen molar-refractivity contribution in [3.8, 4) is 0 Å². The fourth-order valence-electron chi connectivity index (χ4n) is 1.36. The fourth-order valence-corrected chi connectivity index (χ4v) is 1.36. The van der Waals surface area contributed by atoms with Crippen LogP contribution in [0.1, 0.15) is 26.1 Å². The third-order valence-corrected chi connectivity index (χ3v) is 2.23. The standard InChI is InChI=1S/C12H21N5O2/c1-3-5-14-12(18)7-15-10-6-9(13)16-11(17-10)8-19-4-2/h6H,3-5,7-8H2,1-2H3,(H,14,18)(H3,13,15,16,17). The minimum Gasteiger partial charge on any atom is -0.384 e. The molecule has 0 unspecified atom stereocenters. The lowest BCUT2D eigenvalue weighted by molar-refractivity contribution is -0.119. The van der Waals surface area contributed by atoms with E-state index in [0.29, 0.717) is 37.2 Å². The average molecular weight is 267 g/mol. The Balaban J connectivity index is 2.52. The zero-order valence-electron chi connectivity index (χ0n) is 11.4. The second-order valence-corrected chi connectivity index (χ2v) is 3.93. The SMILES string of the molecule is CCCNC(=O)CNc1cc(N)nc(COCC)n1. The fraction of sp³-hybridized carbons (Fsp3) is 0.583. The van der Waals surface area contributed by atoms with Crippen LogP contribution in [0.15, 0.2) is 6.07 Å². The van der Waals surface area contributed by atoms with Crippen molar-refractivity contribution in [2.24, 2.45) is 0 Å². The molecule has 4 N–H and O–H groups in total. The molecular formula is C12H21N5O2. The van der Waals surface area contributed by atoms with Crippen molar-refractivity contribution in [1.82, 2.24) is 15.3 Å². The van der Waals surface area contributed by atoms with Crippen LogP contribution in [0.2, 0.25) is 0 Å². The summed E-state index contributed by atoms with van der Waals surface area (Å²) in [4.78, 5) is 19.7. The summed E-state index contributed by atoms with van der Waals surface area (Å²) in [5, 5.41) is 5.68. The van der Waals surface area contributed by atoms with Crippen LogP contribution in [0.4, 0.5) is 11.6 Å². The summed E-state index contributed by atoms with van der Waals surface area (Å²) < 4.78 is 5.22. The van der Waals surface area contributed by atoms with Crippen molar-refractivity contribution in [3.05, 3.63) is 11.9 Å². The van der Waals surface area contributed by atoms with Gasteiger partial charge < -0.3 is 21.1 Å². The van der Waals surface area contributed by atoms with Gasteiger partial charge in [0.25, 0.3) is 0 Å². The number of hydrogen-bond donors (Lipinski definition) is 3. The van der Waals surface area contributed by atoms with Crippen molar-refractivity contribution in [1.29, 1.82) is 0 Å². The highest BCUT2D eigenvalue weighted by Gasteiger charge is 2.05.